The zero-order valence-electron chi connectivity index (χ0n) is 14.4. The molecule has 1 aromatic heterocycles. The topological polar surface area (TPSA) is 39.2 Å². The highest BCUT2D eigenvalue weighted by Gasteiger charge is 2.23. The predicted molar refractivity (Wildman–Crippen MR) is 92.3 cm³/mol. The molecule has 1 atom stereocenters. The fraction of sp³-hybridized carbons (Fsp3) is 0.400. The molecule has 2 aromatic rings. The van der Waals surface area contributed by atoms with Crippen LogP contribution in [-0.4, -0.2) is 16.6 Å². The van der Waals surface area contributed by atoms with Gasteiger partial charge in [0.15, 0.2) is 0 Å². The number of pyridine rings is 1. The minimum Gasteiger partial charge on any atom is -0.460 e. The Balaban J connectivity index is 2.21. The Morgan fingerprint density at radius 1 is 1.13 bits per heavy atom. The molecule has 0 N–H and O–H groups in total. The molecule has 0 radical (unpaired) electrons. The quantitative estimate of drug-likeness (QED) is 0.766. The molecular weight excluding hydrogens is 286 g/mol. The standard InChI is InChI=1S/C20H25NO2/c1-15-9-8-12-21-19(15)17(13-16-10-6-5-7-11-16)14-18(22)23-20(2,3)4/h5-12,17H,13-14H2,1-4H3/t17-/m1/s1. The van der Waals surface area contributed by atoms with Crippen LogP contribution in [0.4, 0.5) is 0 Å². The van der Waals surface area contributed by atoms with Gasteiger partial charge in [0, 0.05) is 17.8 Å². The second-order valence-electron chi connectivity index (χ2n) is 6.88. The lowest BCUT2D eigenvalue weighted by Crippen LogP contribution is -2.25. The second-order valence-corrected chi connectivity index (χ2v) is 6.88. The van der Waals surface area contributed by atoms with Gasteiger partial charge < -0.3 is 4.74 Å². The monoisotopic (exact) mass is 311 g/mol. The summed E-state index contributed by atoms with van der Waals surface area (Å²) in [6.45, 7) is 7.71. The summed E-state index contributed by atoms with van der Waals surface area (Å²) >= 11 is 0. The number of carbonyl (C=O) groups is 1. The number of carbonyl (C=O) groups excluding carboxylic acids is 1. The number of ether oxygens (including phenoxy) is 1. The van der Waals surface area contributed by atoms with E-state index in [1.807, 2.05) is 58.0 Å². The Morgan fingerprint density at radius 3 is 2.43 bits per heavy atom. The van der Waals surface area contributed by atoms with Gasteiger partial charge in [-0.15, -0.1) is 0 Å². The Bertz CT molecular complexity index is 644. The van der Waals surface area contributed by atoms with Crippen molar-refractivity contribution in [2.75, 3.05) is 0 Å². The lowest BCUT2D eigenvalue weighted by Gasteiger charge is -2.23. The van der Waals surface area contributed by atoms with Gasteiger partial charge in [-0.2, -0.15) is 0 Å². The first-order chi connectivity index (χ1) is 10.8. The number of benzene rings is 1. The van der Waals surface area contributed by atoms with Crippen LogP contribution in [0.5, 0.6) is 0 Å². The first-order valence-corrected chi connectivity index (χ1v) is 8.02. The summed E-state index contributed by atoms with van der Waals surface area (Å²) in [6.07, 6.45) is 2.90. The Kier molecular flexibility index (Phi) is 5.54. The lowest BCUT2D eigenvalue weighted by molar-refractivity contribution is -0.155. The van der Waals surface area contributed by atoms with Gasteiger partial charge in [-0.1, -0.05) is 36.4 Å². The van der Waals surface area contributed by atoms with Crippen LogP contribution in [0.15, 0.2) is 48.7 Å². The molecule has 0 aliphatic carbocycles. The van der Waals surface area contributed by atoms with Crippen molar-refractivity contribution in [1.29, 1.82) is 0 Å². The maximum absolute atomic E-state index is 12.3. The van der Waals surface area contributed by atoms with Crippen molar-refractivity contribution in [3.8, 4) is 0 Å². The third kappa shape index (κ3) is 5.51. The number of rotatable bonds is 5. The molecule has 1 aromatic carbocycles. The molecule has 2 rings (SSSR count). The van der Waals surface area contributed by atoms with Gasteiger partial charge in [-0.3, -0.25) is 9.78 Å². The van der Waals surface area contributed by atoms with Crippen molar-refractivity contribution in [2.24, 2.45) is 0 Å². The molecular formula is C20H25NO2. The maximum Gasteiger partial charge on any atom is 0.306 e. The van der Waals surface area contributed by atoms with Gasteiger partial charge in [0.05, 0.1) is 6.42 Å². The number of aryl methyl sites for hydroxylation is 1. The Labute approximate surface area is 138 Å². The molecule has 0 saturated heterocycles. The number of esters is 1. The van der Waals surface area contributed by atoms with Gasteiger partial charge in [0.25, 0.3) is 0 Å². The van der Waals surface area contributed by atoms with E-state index in [2.05, 4.69) is 17.1 Å². The number of hydrogen-bond donors (Lipinski definition) is 0. The highest BCUT2D eigenvalue weighted by Crippen LogP contribution is 2.26. The van der Waals surface area contributed by atoms with Crippen LogP contribution in [0.25, 0.3) is 0 Å². The van der Waals surface area contributed by atoms with Crippen LogP contribution < -0.4 is 0 Å². The molecule has 0 aliphatic heterocycles. The average Bonchev–Trinajstić information content (AvgIpc) is 2.46. The Morgan fingerprint density at radius 2 is 1.83 bits per heavy atom. The number of aromatic nitrogens is 1. The normalized spacial score (nSPS) is 12.7. The predicted octanol–water partition coefficient (Wildman–Crippen LogP) is 4.45. The molecule has 0 amide bonds. The summed E-state index contributed by atoms with van der Waals surface area (Å²) < 4.78 is 5.50. The van der Waals surface area contributed by atoms with E-state index in [0.717, 1.165) is 17.7 Å². The molecule has 0 bridgehead atoms. The first-order valence-electron chi connectivity index (χ1n) is 8.02. The average molecular weight is 311 g/mol. The van der Waals surface area contributed by atoms with Crippen molar-refractivity contribution < 1.29 is 9.53 Å². The summed E-state index contributed by atoms with van der Waals surface area (Å²) in [5.74, 6) is -0.156. The SMILES string of the molecule is Cc1cccnc1[C@@H](CC(=O)OC(C)(C)C)Cc1ccccc1. The van der Waals surface area contributed by atoms with E-state index in [4.69, 9.17) is 4.74 Å². The van der Waals surface area contributed by atoms with Gasteiger partial charge in [-0.05, 0) is 51.3 Å². The van der Waals surface area contributed by atoms with Crippen LogP contribution >= 0.6 is 0 Å². The summed E-state index contributed by atoms with van der Waals surface area (Å²) in [5, 5.41) is 0. The molecule has 1 heterocycles. The number of hydrogen-bond acceptors (Lipinski definition) is 3. The fourth-order valence-corrected chi connectivity index (χ4v) is 2.67. The largest absolute Gasteiger partial charge is 0.460 e. The molecule has 3 nitrogen and oxygen atoms in total. The molecule has 23 heavy (non-hydrogen) atoms. The first kappa shape index (κ1) is 17.2. The lowest BCUT2D eigenvalue weighted by atomic mass is 9.90. The van der Waals surface area contributed by atoms with Crippen molar-refractivity contribution in [3.05, 3.63) is 65.5 Å². The maximum atomic E-state index is 12.3. The Hall–Kier alpha value is -2.16. The van der Waals surface area contributed by atoms with Crippen LogP contribution in [-0.2, 0) is 16.0 Å². The highest BCUT2D eigenvalue weighted by molar-refractivity contribution is 5.71. The second kappa shape index (κ2) is 7.40. The summed E-state index contributed by atoms with van der Waals surface area (Å²) in [7, 11) is 0. The van der Waals surface area contributed by atoms with E-state index in [0.29, 0.717) is 6.42 Å². The van der Waals surface area contributed by atoms with E-state index >= 15 is 0 Å². The zero-order chi connectivity index (χ0) is 16.9. The van der Waals surface area contributed by atoms with E-state index in [9.17, 15) is 4.79 Å². The summed E-state index contributed by atoms with van der Waals surface area (Å²) in [5.41, 5.74) is 2.82. The van der Waals surface area contributed by atoms with E-state index < -0.39 is 5.60 Å². The fourth-order valence-electron chi connectivity index (χ4n) is 2.67. The highest BCUT2D eigenvalue weighted by atomic mass is 16.6. The van der Waals surface area contributed by atoms with Gasteiger partial charge in [-0.25, -0.2) is 0 Å². The minimum atomic E-state index is -0.465. The minimum absolute atomic E-state index is 0.0217. The van der Waals surface area contributed by atoms with Crippen molar-refractivity contribution in [1.82, 2.24) is 4.98 Å². The molecule has 122 valence electrons. The smallest absolute Gasteiger partial charge is 0.306 e. The third-order valence-electron chi connectivity index (χ3n) is 3.59. The van der Waals surface area contributed by atoms with Gasteiger partial charge in [0.2, 0.25) is 0 Å². The van der Waals surface area contributed by atoms with Crippen molar-refractivity contribution in [3.63, 3.8) is 0 Å². The molecule has 0 fully saturated rings. The zero-order valence-corrected chi connectivity index (χ0v) is 14.4. The third-order valence-corrected chi connectivity index (χ3v) is 3.59. The van der Waals surface area contributed by atoms with Crippen LogP contribution in [0.1, 0.15) is 49.9 Å². The van der Waals surface area contributed by atoms with Crippen LogP contribution in [0.2, 0.25) is 0 Å². The summed E-state index contributed by atoms with van der Waals surface area (Å²) in [6, 6.07) is 14.2. The van der Waals surface area contributed by atoms with Crippen LogP contribution in [0, 0.1) is 6.92 Å². The van der Waals surface area contributed by atoms with Gasteiger partial charge in [0.1, 0.15) is 5.60 Å². The number of nitrogens with zero attached hydrogens (tertiary/aromatic N) is 1. The van der Waals surface area contributed by atoms with E-state index in [1.165, 1.54) is 5.56 Å². The van der Waals surface area contributed by atoms with Crippen molar-refractivity contribution >= 4 is 5.97 Å². The molecule has 3 heteroatoms. The molecule has 0 saturated carbocycles. The van der Waals surface area contributed by atoms with E-state index in [-0.39, 0.29) is 11.9 Å². The molecule has 0 unspecified atom stereocenters. The van der Waals surface area contributed by atoms with Crippen molar-refractivity contribution in [2.45, 2.75) is 52.1 Å². The molecule has 0 aliphatic rings. The van der Waals surface area contributed by atoms with E-state index in [1.54, 1.807) is 6.20 Å². The van der Waals surface area contributed by atoms with Gasteiger partial charge >= 0.3 is 5.97 Å². The molecule has 0 spiro atoms. The summed E-state index contributed by atoms with van der Waals surface area (Å²) in [4.78, 5) is 16.8. The van der Waals surface area contributed by atoms with Crippen LogP contribution in [0.3, 0.4) is 0 Å².